The van der Waals surface area contributed by atoms with E-state index in [0.29, 0.717) is 10.4 Å². The molecule has 1 aromatic heterocycles. The molecule has 0 aliphatic heterocycles. The van der Waals surface area contributed by atoms with Crippen molar-refractivity contribution in [2.75, 3.05) is 6.54 Å². The maximum atomic E-state index is 13.8. The third-order valence-corrected chi connectivity index (χ3v) is 3.12. The summed E-state index contributed by atoms with van der Waals surface area (Å²) < 4.78 is 33.3. The normalized spacial score (nSPS) is 12.7. The molecule has 1 atom stereocenters. The SMILES string of the molecule is CCNC(C)c1ncc(-c2c(F)cc(Br)cc2F)o1. The Balaban J connectivity index is 2.38. The van der Waals surface area contributed by atoms with Gasteiger partial charge in [0.2, 0.25) is 5.89 Å². The zero-order valence-corrected chi connectivity index (χ0v) is 12.1. The minimum atomic E-state index is -0.689. The molecule has 3 nitrogen and oxygen atoms in total. The van der Waals surface area contributed by atoms with Crippen LogP contribution in [0, 0.1) is 11.6 Å². The summed E-state index contributed by atoms with van der Waals surface area (Å²) in [4.78, 5) is 4.04. The molecule has 0 aliphatic carbocycles. The fourth-order valence-corrected chi connectivity index (χ4v) is 2.18. The number of nitrogens with one attached hydrogen (secondary N) is 1. The Labute approximate surface area is 118 Å². The van der Waals surface area contributed by atoms with E-state index in [2.05, 4.69) is 26.2 Å². The van der Waals surface area contributed by atoms with Gasteiger partial charge in [0.05, 0.1) is 17.8 Å². The van der Waals surface area contributed by atoms with E-state index >= 15 is 0 Å². The lowest BCUT2D eigenvalue weighted by Crippen LogP contribution is -2.17. The van der Waals surface area contributed by atoms with E-state index in [4.69, 9.17) is 4.42 Å². The second-order valence-electron chi connectivity index (χ2n) is 4.09. The molecule has 1 unspecified atom stereocenters. The summed E-state index contributed by atoms with van der Waals surface area (Å²) in [5.74, 6) is -0.892. The standard InChI is InChI=1S/C13H13BrF2N2O/c1-3-17-7(2)13-18-6-11(19-13)12-9(15)4-8(14)5-10(12)16/h4-7,17H,3H2,1-2H3. The van der Waals surface area contributed by atoms with E-state index in [1.165, 1.54) is 18.3 Å². The number of halogens is 3. The van der Waals surface area contributed by atoms with Gasteiger partial charge in [-0.05, 0) is 25.6 Å². The molecule has 0 spiro atoms. The molecule has 1 heterocycles. The fraction of sp³-hybridized carbons (Fsp3) is 0.308. The lowest BCUT2D eigenvalue weighted by atomic mass is 10.1. The van der Waals surface area contributed by atoms with Crippen LogP contribution in [0.3, 0.4) is 0 Å². The lowest BCUT2D eigenvalue weighted by molar-refractivity contribution is 0.426. The number of nitrogens with zero attached hydrogens (tertiary/aromatic N) is 1. The van der Waals surface area contributed by atoms with Gasteiger partial charge in [-0.15, -0.1) is 0 Å². The summed E-state index contributed by atoms with van der Waals surface area (Å²) in [6, 6.07) is 2.27. The van der Waals surface area contributed by atoms with Crippen LogP contribution in [-0.4, -0.2) is 11.5 Å². The second-order valence-corrected chi connectivity index (χ2v) is 5.00. The Hall–Kier alpha value is -1.27. The van der Waals surface area contributed by atoms with Gasteiger partial charge in [-0.1, -0.05) is 22.9 Å². The minimum Gasteiger partial charge on any atom is -0.439 e. The molecule has 102 valence electrons. The molecule has 2 rings (SSSR count). The zero-order chi connectivity index (χ0) is 14.0. The van der Waals surface area contributed by atoms with Gasteiger partial charge in [0.1, 0.15) is 11.6 Å². The van der Waals surface area contributed by atoms with Crippen LogP contribution in [0.5, 0.6) is 0 Å². The molecule has 0 aliphatic rings. The lowest BCUT2D eigenvalue weighted by Gasteiger charge is -2.07. The second kappa shape index (κ2) is 5.79. The highest BCUT2D eigenvalue weighted by atomic mass is 79.9. The molecule has 0 bridgehead atoms. The van der Waals surface area contributed by atoms with E-state index in [-0.39, 0.29) is 17.4 Å². The molecule has 1 aromatic carbocycles. The maximum absolute atomic E-state index is 13.8. The first-order chi connectivity index (χ1) is 9.02. The summed E-state index contributed by atoms with van der Waals surface area (Å²) in [5.41, 5.74) is -0.203. The number of hydrogen-bond acceptors (Lipinski definition) is 3. The molecule has 0 saturated heterocycles. The molecule has 19 heavy (non-hydrogen) atoms. The first-order valence-electron chi connectivity index (χ1n) is 5.87. The molecule has 1 N–H and O–H groups in total. The monoisotopic (exact) mass is 330 g/mol. The summed E-state index contributed by atoms with van der Waals surface area (Å²) in [6.45, 7) is 4.57. The molecule has 6 heteroatoms. The number of rotatable bonds is 4. The van der Waals surface area contributed by atoms with Gasteiger partial charge in [0.15, 0.2) is 5.76 Å². The predicted octanol–water partition coefficient (Wildman–Crippen LogP) is 4.05. The van der Waals surface area contributed by atoms with Crippen molar-refractivity contribution < 1.29 is 13.2 Å². The fourth-order valence-electron chi connectivity index (χ4n) is 1.77. The third-order valence-electron chi connectivity index (χ3n) is 2.66. The van der Waals surface area contributed by atoms with Crippen molar-refractivity contribution in [1.29, 1.82) is 0 Å². The van der Waals surface area contributed by atoms with Crippen molar-refractivity contribution in [1.82, 2.24) is 10.3 Å². The van der Waals surface area contributed by atoms with E-state index in [9.17, 15) is 8.78 Å². The Kier molecular flexibility index (Phi) is 4.31. The molecule has 2 aromatic rings. The highest BCUT2D eigenvalue weighted by molar-refractivity contribution is 9.10. The molecule has 0 saturated carbocycles. The number of benzene rings is 1. The Morgan fingerprint density at radius 1 is 1.37 bits per heavy atom. The summed E-state index contributed by atoms with van der Waals surface area (Å²) in [7, 11) is 0. The first-order valence-corrected chi connectivity index (χ1v) is 6.66. The van der Waals surface area contributed by atoms with Gasteiger partial charge in [0.25, 0.3) is 0 Å². The van der Waals surface area contributed by atoms with Crippen molar-refractivity contribution >= 4 is 15.9 Å². The highest BCUT2D eigenvalue weighted by Gasteiger charge is 2.19. The molecule has 0 fully saturated rings. The largest absolute Gasteiger partial charge is 0.439 e. The first kappa shape index (κ1) is 14.1. The Morgan fingerprint density at radius 3 is 2.58 bits per heavy atom. The molecular formula is C13H13BrF2N2O. The van der Waals surface area contributed by atoms with Gasteiger partial charge in [-0.25, -0.2) is 13.8 Å². The molecule has 0 radical (unpaired) electrons. The van der Waals surface area contributed by atoms with Crippen molar-refractivity contribution in [2.45, 2.75) is 19.9 Å². The molecular weight excluding hydrogens is 318 g/mol. The van der Waals surface area contributed by atoms with Crippen molar-refractivity contribution in [3.05, 3.63) is 40.3 Å². The minimum absolute atomic E-state index is 0.0854. The summed E-state index contributed by atoms with van der Waals surface area (Å²) in [5, 5.41) is 3.11. The van der Waals surface area contributed by atoms with Gasteiger partial charge < -0.3 is 9.73 Å². The number of oxazole rings is 1. The van der Waals surface area contributed by atoms with Crippen LogP contribution in [0.4, 0.5) is 8.78 Å². The van der Waals surface area contributed by atoms with Crippen LogP contribution >= 0.6 is 15.9 Å². The van der Waals surface area contributed by atoms with Crippen LogP contribution in [0.2, 0.25) is 0 Å². The Bertz CT molecular complexity index is 563. The van der Waals surface area contributed by atoms with Crippen LogP contribution in [0.1, 0.15) is 25.8 Å². The predicted molar refractivity (Wildman–Crippen MR) is 71.6 cm³/mol. The average Bonchev–Trinajstić information content (AvgIpc) is 2.77. The van der Waals surface area contributed by atoms with Crippen molar-refractivity contribution in [3.8, 4) is 11.3 Å². The van der Waals surface area contributed by atoms with E-state index in [1.807, 2.05) is 13.8 Å². The average molecular weight is 331 g/mol. The van der Waals surface area contributed by atoms with Gasteiger partial charge >= 0.3 is 0 Å². The van der Waals surface area contributed by atoms with Gasteiger partial charge in [-0.3, -0.25) is 0 Å². The summed E-state index contributed by atoms with van der Waals surface area (Å²) >= 11 is 3.03. The van der Waals surface area contributed by atoms with Crippen LogP contribution in [-0.2, 0) is 0 Å². The van der Waals surface area contributed by atoms with E-state index in [0.717, 1.165) is 6.54 Å². The highest BCUT2D eigenvalue weighted by Crippen LogP contribution is 2.30. The Morgan fingerprint density at radius 2 is 2.00 bits per heavy atom. The van der Waals surface area contributed by atoms with Crippen molar-refractivity contribution in [3.63, 3.8) is 0 Å². The number of hydrogen-bond donors (Lipinski definition) is 1. The van der Waals surface area contributed by atoms with Crippen LogP contribution in [0.15, 0.2) is 27.2 Å². The zero-order valence-electron chi connectivity index (χ0n) is 10.5. The topological polar surface area (TPSA) is 38.1 Å². The smallest absolute Gasteiger partial charge is 0.211 e. The third kappa shape index (κ3) is 3.01. The van der Waals surface area contributed by atoms with Crippen molar-refractivity contribution in [2.24, 2.45) is 0 Å². The maximum Gasteiger partial charge on any atom is 0.211 e. The van der Waals surface area contributed by atoms with E-state index < -0.39 is 11.6 Å². The quantitative estimate of drug-likeness (QED) is 0.918. The van der Waals surface area contributed by atoms with E-state index in [1.54, 1.807) is 0 Å². The summed E-state index contributed by atoms with van der Waals surface area (Å²) in [6.07, 6.45) is 1.33. The van der Waals surface area contributed by atoms with Gasteiger partial charge in [0, 0.05) is 4.47 Å². The number of aromatic nitrogens is 1. The molecule has 0 amide bonds. The van der Waals surface area contributed by atoms with Gasteiger partial charge in [-0.2, -0.15) is 0 Å². The van der Waals surface area contributed by atoms with Crippen LogP contribution < -0.4 is 5.32 Å². The van der Waals surface area contributed by atoms with Crippen LogP contribution in [0.25, 0.3) is 11.3 Å².